The van der Waals surface area contributed by atoms with Crippen LogP contribution in [-0.4, -0.2) is 41.7 Å². The largest absolute Gasteiger partial charge is 0.461 e. The molecule has 1 aromatic carbocycles. The van der Waals surface area contributed by atoms with Gasteiger partial charge in [-0.1, -0.05) is 15.9 Å². The highest BCUT2D eigenvalue weighted by molar-refractivity contribution is 9.10. The first-order chi connectivity index (χ1) is 12.0. The Morgan fingerprint density at radius 1 is 1.48 bits per heavy atom. The molecule has 9 heteroatoms. The van der Waals surface area contributed by atoms with E-state index in [-0.39, 0.29) is 18.0 Å². The van der Waals surface area contributed by atoms with Crippen LogP contribution >= 0.6 is 15.9 Å². The number of carbonyl (C=O) groups excluding carboxylic acids is 1. The van der Waals surface area contributed by atoms with Crippen molar-refractivity contribution in [3.8, 4) is 0 Å². The molecule has 0 bridgehead atoms. The Hall–Kier alpha value is -1.97. The van der Waals surface area contributed by atoms with Gasteiger partial charge >= 0.3 is 5.97 Å². The van der Waals surface area contributed by atoms with Crippen LogP contribution in [0.3, 0.4) is 0 Å². The maximum absolute atomic E-state index is 12.3. The normalized spacial score (nSPS) is 20.6. The van der Waals surface area contributed by atoms with Crippen molar-refractivity contribution in [1.82, 2.24) is 10.4 Å². The Bertz CT molecular complexity index is 730. The smallest absolute Gasteiger partial charge is 0.357 e. The highest BCUT2D eigenvalue weighted by Crippen LogP contribution is 2.38. The van der Waals surface area contributed by atoms with Gasteiger partial charge in [0.1, 0.15) is 0 Å². The Morgan fingerprint density at radius 2 is 2.20 bits per heavy atom. The summed E-state index contributed by atoms with van der Waals surface area (Å²) in [4.78, 5) is 31.0. The summed E-state index contributed by atoms with van der Waals surface area (Å²) >= 11 is 3.35. The molecule has 0 spiro atoms. The maximum atomic E-state index is 12.3. The molecule has 0 amide bonds. The average Bonchev–Trinajstić information content (AvgIpc) is 3.23. The summed E-state index contributed by atoms with van der Waals surface area (Å²) in [6.45, 7) is 3.50. The molecule has 25 heavy (non-hydrogen) atoms. The number of hydroxylamine groups is 1. The topological polar surface area (TPSA) is 93.9 Å². The van der Waals surface area contributed by atoms with Crippen molar-refractivity contribution in [2.75, 3.05) is 19.7 Å². The number of hydrogen-bond donors (Lipinski definition) is 1. The molecule has 3 rings (SSSR count). The van der Waals surface area contributed by atoms with Crippen molar-refractivity contribution in [1.29, 1.82) is 0 Å². The van der Waals surface area contributed by atoms with E-state index >= 15 is 0 Å². The third kappa shape index (κ3) is 3.53. The number of ether oxygens (including phenoxy) is 1. The van der Waals surface area contributed by atoms with E-state index in [0.29, 0.717) is 15.6 Å². The third-order valence-corrected chi connectivity index (χ3v) is 4.68. The lowest BCUT2D eigenvalue weighted by Crippen LogP contribution is -2.35. The zero-order valence-electron chi connectivity index (χ0n) is 13.7. The predicted octanol–water partition coefficient (Wildman–Crippen LogP) is 2.59. The second-order valence-electron chi connectivity index (χ2n) is 5.74. The summed E-state index contributed by atoms with van der Waals surface area (Å²) in [7, 11) is 0. The van der Waals surface area contributed by atoms with Crippen molar-refractivity contribution in [2.45, 2.75) is 26.0 Å². The molecule has 0 aromatic heterocycles. The molecule has 1 N–H and O–H groups in total. The first-order valence-corrected chi connectivity index (χ1v) is 8.83. The highest BCUT2D eigenvalue weighted by atomic mass is 79.9. The van der Waals surface area contributed by atoms with Gasteiger partial charge in [-0.3, -0.25) is 25.3 Å². The van der Waals surface area contributed by atoms with Crippen LogP contribution in [0.1, 0.15) is 25.3 Å². The highest BCUT2D eigenvalue weighted by Gasteiger charge is 2.40. The minimum absolute atomic E-state index is 0.0866. The second-order valence-corrected chi connectivity index (χ2v) is 6.66. The number of hydrogen-bond acceptors (Lipinski definition) is 7. The van der Waals surface area contributed by atoms with E-state index < -0.39 is 17.1 Å². The summed E-state index contributed by atoms with van der Waals surface area (Å²) in [6.07, 6.45) is 1.46. The molecule has 1 unspecified atom stereocenters. The SMILES string of the molecule is CCOC(=O)C1=C(c2cc(Br)ccc2[N+](=O)[O-])C(N2CCCC2)ON1. The lowest BCUT2D eigenvalue weighted by Gasteiger charge is -2.23. The summed E-state index contributed by atoms with van der Waals surface area (Å²) in [5.41, 5.74) is 3.43. The van der Waals surface area contributed by atoms with Crippen molar-refractivity contribution >= 4 is 33.2 Å². The molecule has 0 aliphatic carbocycles. The number of rotatable bonds is 5. The van der Waals surface area contributed by atoms with Crippen LogP contribution in [0, 0.1) is 10.1 Å². The molecule has 1 fully saturated rings. The van der Waals surface area contributed by atoms with E-state index in [1.165, 1.54) is 6.07 Å². The van der Waals surface area contributed by atoms with Crippen LogP contribution in [0.2, 0.25) is 0 Å². The molecule has 134 valence electrons. The van der Waals surface area contributed by atoms with E-state index in [9.17, 15) is 14.9 Å². The number of nitrogens with zero attached hydrogens (tertiary/aromatic N) is 2. The standard InChI is InChI=1S/C16H18BrN3O5/c1-2-24-16(21)14-13(15(25-18-14)19-7-3-4-8-19)11-9-10(17)5-6-12(11)20(22)23/h5-6,9,15,18H,2-4,7-8H2,1H3. The van der Waals surface area contributed by atoms with E-state index in [2.05, 4.69) is 26.3 Å². The molecule has 1 saturated heterocycles. The zero-order chi connectivity index (χ0) is 18.0. The number of esters is 1. The van der Waals surface area contributed by atoms with Crippen LogP contribution in [0.5, 0.6) is 0 Å². The van der Waals surface area contributed by atoms with E-state index in [1.54, 1.807) is 19.1 Å². The number of nitro benzene ring substituents is 1. The van der Waals surface area contributed by atoms with Gasteiger partial charge in [-0.05, 0) is 31.9 Å². The maximum Gasteiger partial charge on any atom is 0.357 e. The van der Waals surface area contributed by atoms with Crippen molar-refractivity contribution in [2.24, 2.45) is 0 Å². The lowest BCUT2D eigenvalue weighted by atomic mass is 10.00. The number of likely N-dealkylation sites (tertiary alicyclic amines) is 1. The van der Waals surface area contributed by atoms with Crippen molar-refractivity contribution in [3.63, 3.8) is 0 Å². The molecule has 0 saturated carbocycles. The minimum Gasteiger partial charge on any atom is -0.461 e. The summed E-state index contributed by atoms with van der Waals surface area (Å²) in [6, 6.07) is 4.64. The predicted molar refractivity (Wildman–Crippen MR) is 93.2 cm³/mol. The number of nitrogens with one attached hydrogen (secondary N) is 1. The monoisotopic (exact) mass is 411 g/mol. The Labute approximate surface area is 153 Å². The molecule has 2 heterocycles. The van der Waals surface area contributed by atoms with Gasteiger partial charge in [0.25, 0.3) is 5.69 Å². The fourth-order valence-corrected chi connectivity index (χ4v) is 3.45. The van der Waals surface area contributed by atoms with Crippen LogP contribution in [0.4, 0.5) is 5.69 Å². The molecule has 0 radical (unpaired) electrons. The van der Waals surface area contributed by atoms with Crippen LogP contribution < -0.4 is 5.48 Å². The van der Waals surface area contributed by atoms with Crippen LogP contribution in [0.25, 0.3) is 5.57 Å². The van der Waals surface area contributed by atoms with Gasteiger partial charge in [0.05, 0.1) is 17.1 Å². The first kappa shape index (κ1) is 17.8. The first-order valence-electron chi connectivity index (χ1n) is 8.04. The van der Waals surface area contributed by atoms with Gasteiger partial charge in [0, 0.05) is 29.2 Å². The Kier molecular flexibility index (Phi) is 5.36. The van der Waals surface area contributed by atoms with Gasteiger partial charge in [0.15, 0.2) is 11.9 Å². The third-order valence-electron chi connectivity index (χ3n) is 4.19. The number of nitro groups is 1. The number of carbonyl (C=O) groups is 1. The molecular weight excluding hydrogens is 394 g/mol. The molecule has 2 aliphatic heterocycles. The lowest BCUT2D eigenvalue weighted by molar-refractivity contribution is -0.385. The number of benzene rings is 1. The summed E-state index contributed by atoms with van der Waals surface area (Å²) in [5.74, 6) is -0.589. The fourth-order valence-electron chi connectivity index (χ4n) is 3.09. The van der Waals surface area contributed by atoms with Gasteiger partial charge in [-0.25, -0.2) is 4.79 Å². The number of halogens is 1. The van der Waals surface area contributed by atoms with Gasteiger partial charge in [0.2, 0.25) is 0 Å². The summed E-state index contributed by atoms with van der Waals surface area (Å²) in [5, 5.41) is 11.5. The Morgan fingerprint density at radius 3 is 2.84 bits per heavy atom. The zero-order valence-corrected chi connectivity index (χ0v) is 15.2. The molecule has 8 nitrogen and oxygen atoms in total. The van der Waals surface area contributed by atoms with Crippen LogP contribution in [-0.2, 0) is 14.4 Å². The summed E-state index contributed by atoms with van der Waals surface area (Å²) < 4.78 is 5.76. The second kappa shape index (κ2) is 7.51. The van der Waals surface area contributed by atoms with E-state index in [4.69, 9.17) is 9.57 Å². The Balaban J connectivity index is 2.14. The van der Waals surface area contributed by atoms with Crippen LogP contribution in [0.15, 0.2) is 28.4 Å². The molecule has 2 aliphatic rings. The van der Waals surface area contributed by atoms with Gasteiger partial charge in [-0.2, -0.15) is 0 Å². The van der Waals surface area contributed by atoms with E-state index in [0.717, 1.165) is 25.9 Å². The molecule has 1 atom stereocenters. The fraction of sp³-hybridized carbons (Fsp3) is 0.438. The van der Waals surface area contributed by atoms with E-state index in [1.807, 2.05) is 0 Å². The van der Waals surface area contributed by atoms with Gasteiger partial charge in [-0.15, -0.1) is 0 Å². The minimum atomic E-state index is -0.589. The average molecular weight is 412 g/mol. The molecular formula is C16H18BrN3O5. The molecule has 1 aromatic rings. The van der Waals surface area contributed by atoms with Crippen molar-refractivity contribution < 1.29 is 19.3 Å². The quantitative estimate of drug-likeness (QED) is 0.451. The van der Waals surface area contributed by atoms with Crippen molar-refractivity contribution in [3.05, 3.63) is 44.0 Å². The van der Waals surface area contributed by atoms with Gasteiger partial charge < -0.3 is 4.74 Å².